The maximum atomic E-state index is 13.3. The van der Waals surface area contributed by atoms with Crippen LogP contribution >= 0.6 is 0 Å². The molecule has 0 bridgehead atoms. The molecule has 5 heteroatoms. The first kappa shape index (κ1) is 18.6. The minimum Gasteiger partial charge on any atom is -0.392 e. The van der Waals surface area contributed by atoms with Gasteiger partial charge in [0.15, 0.2) is 5.60 Å². The lowest BCUT2D eigenvalue weighted by Crippen LogP contribution is -2.27. The molecule has 2 rings (SSSR count). The van der Waals surface area contributed by atoms with Gasteiger partial charge in [-0.2, -0.15) is 5.26 Å². The van der Waals surface area contributed by atoms with Crippen LogP contribution in [0.4, 0.5) is 4.39 Å². The molecule has 0 heterocycles. The molecule has 0 saturated carbocycles. The molecule has 4 nitrogen and oxygen atoms in total. The van der Waals surface area contributed by atoms with E-state index in [9.17, 15) is 14.6 Å². The quantitative estimate of drug-likeness (QED) is 0.837. The van der Waals surface area contributed by atoms with Crippen molar-refractivity contribution < 1.29 is 14.6 Å². The number of benzene rings is 2. The van der Waals surface area contributed by atoms with E-state index in [0.29, 0.717) is 28.8 Å². The van der Waals surface area contributed by atoms with Crippen LogP contribution in [0.25, 0.3) is 0 Å². The maximum absolute atomic E-state index is 13.3. The Balaban J connectivity index is 2.64. The highest BCUT2D eigenvalue weighted by molar-refractivity contribution is 5.50. The van der Waals surface area contributed by atoms with Crippen molar-refractivity contribution in [3.63, 3.8) is 0 Å². The molecule has 0 unspecified atom stereocenters. The molecule has 0 amide bonds. The topological polar surface area (TPSA) is 67.5 Å². The Labute approximate surface area is 146 Å². The lowest BCUT2D eigenvalue weighted by Gasteiger charge is -2.26. The molecule has 128 valence electrons. The Bertz CT molecular complexity index is 845. The van der Waals surface area contributed by atoms with Crippen molar-refractivity contribution in [2.24, 2.45) is 0 Å². The summed E-state index contributed by atoms with van der Waals surface area (Å²) in [7, 11) is 3.71. The number of halogens is 1. The van der Waals surface area contributed by atoms with E-state index in [-0.39, 0.29) is 6.61 Å². The first-order valence-electron chi connectivity index (χ1n) is 7.68. The molecular weight excluding hydrogens is 319 g/mol. The van der Waals surface area contributed by atoms with Gasteiger partial charge in [0.05, 0.1) is 24.8 Å². The summed E-state index contributed by atoms with van der Waals surface area (Å²) in [5, 5.41) is 30.0. The summed E-state index contributed by atoms with van der Waals surface area (Å²) in [5.41, 5.74) is -0.206. The Morgan fingerprint density at radius 1 is 1.16 bits per heavy atom. The summed E-state index contributed by atoms with van der Waals surface area (Å²) < 4.78 is 13.3. The maximum Gasteiger partial charge on any atom is 0.177 e. The first-order chi connectivity index (χ1) is 11.9. The summed E-state index contributed by atoms with van der Waals surface area (Å²) >= 11 is 0. The molecule has 2 aromatic carbocycles. The molecule has 0 aliphatic rings. The highest BCUT2D eigenvalue weighted by atomic mass is 19.1. The Morgan fingerprint density at radius 3 is 2.40 bits per heavy atom. The predicted molar refractivity (Wildman–Crippen MR) is 92.8 cm³/mol. The van der Waals surface area contributed by atoms with Gasteiger partial charge in [-0.05, 0) is 43.9 Å². The molecule has 25 heavy (non-hydrogen) atoms. The van der Waals surface area contributed by atoms with Gasteiger partial charge in [0.25, 0.3) is 0 Å². The Morgan fingerprint density at radius 2 is 1.84 bits per heavy atom. The van der Waals surface area contributed by atoms with Gasteiger partial charge >= 0.3 is 0 Å². The van der Waals surface area contributed by atoms with Gasteiger partial charge in [0, 0.05) is 11.1 Å². The van der Waals surface area contributed by atoms with Crippen molar-refractivity contribution in [1.29, 1.82) is 5.26 Å². The van der Waals surface area contributed by atoms with E-state index >= 15 is 0 Å². The molecule has 0 spiro atoms. The van der Waals surface area contributed by atoms with Crippen LogP contribution in [-0.4, -0.2) is 35.8 Å². The van der Waals surface area contributed by atoms with E-state index in [0.717, 1.165) is 0 Å². The largest absolute Gasteiger partial charge is 0.392 e. The molecule has 0 aliphatic carbocycles. The average Bonchev–Trinajstić information content (AvgIpc) is 2.61. The molecule has 0 aromatic heterocycles. The number of nitriles is 1. The third-order valence-electron chi connectivity index (χ3n) is 3.72. The second kappa shape index (κ2) is 7.92. The second-order valence-electron chi connectivity index (χ2n) is 5.90. The summed E-state index contributed by atoms with van der Waals surface area (Å²) in [5.74, 6) is 5.32. The van der Waals surface area contributed by atoms with E-state index in [1.165, 1.54) is 30.3 Å². The Hall–Kier alpha value is -2.70. The number of rotatable bonds is 4. The predicted octanol–water partition coefficient (Wildman–Crippen LogP) is 1.99. The number of hydrogen-bond acceptors (Lipinski definition) is 4. The molecule has 0 saturated heterocycles. The van der Waals surface area contributed by atoms with Crippen LogP contribution in [-0.2, 0) is 12.2 Å². The Kier molecular flexibility index (Phi) is 5.90. The average molecular weight is 338 g/mol. The number of aliphatic hydroxyl groups excluding tert-OH is 1. The summed E-state index contributed by atoms with van der Waals surface area (Å²) in [6.07, 6.45) is 0. The van der Waals surface area contributed by atoms with Crippen molar-refractivity contribution in [3.05, 3.63) is 70.5 Å². The fourth-order valence-electron chi connectivity index (χ4n) is 2.46. The van der Waals surface area contributed by atoms with Crippen LogP contribution in [0.5, 0.6) is 0 Å². The van der Waals surface area contributed by atoms with E-state index in [1.807, 2.05) is 25.1 Å². The lowest BCUT2D eigenvalue weighted by atomic mass is 9.83. The van der Waals surface area contributed by atoms with Gasteiger partial charge in [-0.1, -0.05) is 30.0 Å². The fraction of sp³-hybridized carbons (Fsp3) is 0.250. The van der Waals surface area contributed by atoms with Gasteiger partial charge in [0.2, 0.25) is 0 Å². The highest BCUT2D eigenvalue weighted by Crippen LogP contribution is 2.32. The van der Waals surface area contributed by atoms with Crippen LogP contribution in [0, 0.1) is 29.0 Å². The zero-order valence-electron chi connectivity index (χ0n) is 14.1. The lowest BCUT2D eigenvalue weighted by molar-refractivity contribution is 0.141. The van der Waals surface area contributed by atoms with Gasteiger partial charge < -0.3 is 10.2 Å². The van der Waals surface area contributed by atoms with Crippen LogP contribution in [0.3, 0.4) is 0 Å². The number of aliphatic hydroxyl groups is 2. The minimum atomic E-state index is -1.73. The van der Waals surface area contributed by atoms with Crippen LogP contribution in [0.1, 0.15) is 22.3 Å². The molecule has 0 radical (unpaired) electrons. The zero-order chi connectivity index (χ0) is 18.4. The molecule has 0 aliphatic heterocycles. The van der Waals surface area contributed by atoms with Crippen LogP contribution in [0.15, 0.2) is 42.5 Å². The smallest absolute Gasteiger partial charge is 0.177 e. The third kappa shape index (κ3) is 4.23. The number of nitrogens with zero attached hydrogens (tertiary/aromatic N) is 2. The van der Waals surface area contributed by atoms with Crippen molar-refractivity contribution in [3.8, 4) is 17.9 Å². The summed E-state index contributed by atoms with van der Waals surface area (Å²) in [4.78, 5) is 1.85. The van der Waals surface area contributed by atoms with E-state index in [1.54, 1.807) is 12.1 Å². The third-order valence-corrected chi connectivity index (χ3v) is 3.72. The fourth-order valence-corrected chi connectivity index (χ4v) is 2.46. The van der Waals surface area contributed by atoms with Gasteiger partial charge in [0.1, 0.15) is 5.82 Å². The molecule has 2 aromatic rings. The molecular formula is C20H19FN2O2. The number of hydrogen-bond donors (Lipinski definition) is 2. The first-order valence-corrected chi connectivity index (χ1v) is 7.68. The normalized spacial score (nSPS) is 12.8. The van der Waals surface area contributed by atoms with Crippen molar-refractivity contribution in [2.75, 3.05) is 20.6 Å². The van der Waals surface area contributed by atoms with Crippen LogP contribution in [0.2, 0.25) is 0 Å². The van der Waals surface area contributed by atoms with Gasteiger partial charge in [-0.3, -0.25) is 4.90 Å². The SMILES string of the molecule is CN(C)CC#C[C@@](O)(c1ccc(F)cc1)c1ccc(C#N)cc1CO. The molecule has 2 N–H and O–H groups in total. The van der Waals surface area contributed by atoms with Crippen LogP contribution < -0.4 is 0 Å². The standard InChI is InChI=1S/C20H19FN2O2/c1-23(2)11-3-10-20(25,17-5-7-18(21)8-6-17)19-9-4-15(13-22)12-16(19)14-24/h4-9,12,24-25H,11,14H2,1-2H3/t20-/m1/s1. The van der Waals surface area contributed by atoms with E-state index in [2.05, 4.69) is 11.8 Å². The molecule has 1 atom stereocenters. The zero-order valence-corrected chi connectivity index (χ0v) is 14.1. The summed E-state index contributed by atoms with van der Waals surface area (Å²) in [6, 6.07) is 12.0. The van der Waals surface area contributed by atoms with E-state index < -0.39 is 11.4 Å². The van der Waals surface area contributed by atoms with Crippen molar-refractivity contribution >= 4 is 0 Å². The minimum absolute atomic E-state index is 0.357. The second-order valence-corrected chi connectivity index (χ2v) is 5.90. The van der Waals surface area contributed by atoms with Gasteiger partial charge in [-0.15, -0.1) is 0 Å². The molecule has 0 fully saturated rings. The highest BCUT2D eigenvalue weighted by Gasteiger charge is 2.32. The van der Waals surface area contributed by atoms with Gasteiger partial charge in [-0.25, -0.2) is 4.39 Å². The van der Waals surface area contributed by atoms with Crippen molar-refractivity contribution in [1.82, 2.24) is 4.90 Å². The summed E-state index contributed by atoms with van der Waals surface area (Å²) in [6.45, 7) is 0.0674. The van der Waals surface area contributed by atoms with Crippen molar-refractivity contribution in [2.45, 2.75) is 12.2 Å². The monoisotopic (exact) mass is 338 g/mol. The van der Waals surface area contributed by atoms with E-state index in [4.69, 9.17) is 5.26 Å².